The molecule has 0 aliphatic rings. The first-order chi connectivity index (χ1) is 9.90. The van der Waals surface area contributed by atoms with Gasteiger partial charge in [-0.2, -0.15) is 5.10 Å². The summed E-state index contributed by atoms with van der Waals surface area (Å²) in [6.45, 7) is 5.48. The van der Waals surface area contributed by atoms with E-state index in [0.717, 1.165) is 5.56 Å². The summed E-state index contributed by atoms with van der Waals surface area (Å²) in [4.78, 5) is 23.9. The Bertz CT molecular complexity index is 738. The molecule has 1 amide bonds. The molecule has 0 atom stereocenters. The molecule has 0 saturated heterocycles. The Labute approximate surface area is 127 Å². The van der Waals surface area contributed by atoms with Gasteiger partial charge < -0.3 is 5.32 Å². The molecule has 21 heavy (non-hydrogen) atoms. The van der Waals surface area contributed by atoms with E-state index in [-0.39, 0.29) is 23.2 Å². The minimum absolute atomic E-state index is 0.113. The van der Waals surface area contributed by atoms with Crippen LogP contribution in [-0.4, -0.2) is 15.7 Å². The first kappa shape index (κ1) is 15.3. The lowest BCUT2D eigenvalue weighted by molar-refractivity contribution is 0.101. The van der Waals surface area contributed by atoms with Gasteiger partial charge in [0.2, 0.25) is 0 Å². The molecule has 1 N–H and O–H groups in total. The average Bonchev–Trinajstić information content (AvgIpc) is 2.44. The number of hydrogen-bond donors (Lipinski definition) is 1. The monoisotopic (exact) mass is 305 g/mol. The third-order valence-corrected chi connectivity index (χ3v) is 3.47. The lowest BCUT2D eigenvalue weighted by Gasteiger charge is -2.11. The minimum Gasteiger partial charge on any atom is -0.320 e. The zero-order valence-electron chi connectivity index (χ0n) is 12.1. The molecule has 0 aliphatic heterocycles. The number of hydrogen-bond acceptors (Lipinski definition) is 3. The van der Waals surface area contributed by atoms with Crippen molar-refractivity contribution in [2.45, 2.75) is 26.8 Å². The highest BCUT2D eigenvalue weighted by Crippen LogP contribution is 2.23. The quantitative estimate of drug-likeness (QED) is 0.948. The second-order valence-electron chi connectivity index (χ2n) is 4.96. The molecule has 0 saturated carbocycles. The lowest BCUT2D eigenvalue weighted by Crippen LogP contribution is -2.27. The van der Waals surface area contributed by atoms with Crippen molar-refractivity contribution in [1.82, 2.24) is 9.78 Å². The van der Waals surface area contributed by atoms with Crippen molar-refractivity contribution >= 4 is 23.2 Å². The van der Waals surface area contributed by atoms with Gasteiger partial charge in [0.15, 0.2) is 0 Å². The van der Waals surface area contributed by atoms with Crippen molar-refractivity contribution in [3.63, 3.8) is 0 Å². The molecule has 2 rings (SSSR count). The van der Waals surface area contributed by atoms with Gasteiger partial charge in [-0.25, -0.2) is 4.68 Å². The maximum atomic E-state index is 12.2. The van der Waals surface area contributed by atoms with Crippen molar-refractivity contribution in [2.24, 2.45) is 0 Å². The zero-order chi connectivity index (χ0) is 15.6. The van der Waals surface area contributed by atoms with Gasteiger partial charge in [-0.1, -0.05) is 17.7 Å². The Balaban J connectivity index is 2.31. The van der Waals surface area contributed by atoms with Crippen molar-refractivity contribution in [3.05, 3.63) is 57.0 Å². The second-order valence-corrected chi connectivity index (χ2v) is 5.37. The molecule has 0 radical (unpaired) electrons. The summed E-state index contributed by atoms with van der Waals surface area (Å²) in [5.74, 6) is -0.380. The topological polar surface area (TPSA) is 64.0 Å². The van der Waals surface area contributed by atoms with Gasteiger partial charge in [0, 0.05) is 16.8 Å². The number of rotatable bonds is 3. The minimum atomic E-state index is -0.380. The summed E-state index contributed by atoms with van der Waals surface area (Å²) in [6, 6.07) is 7.91. The summed E-state index contributed by atoms with van der Waals surface area (Å²) in [6.07, 6.45) is 0. The maximum Gasteiger partial charge on any atom is 0.276 e. The Morgan fingerprint density at radius 2 is 2.00 bits per heavy atom. The Morgan fingerprint density at radius 3 is 2.67 bits per heavy atom. The van der Waals surface area contributed by atoms with E-state index in [4.69, 9.17) is 11.6 Å². The number of nitrogens with one attached hydrogen (secondary N) is 1. The van der Waals surface area contributed by atoms with E-state index in [2.05, 4.69) is 10.4 Å². The maximum absolute atomic E-state index is 12.2. The standard InChI is InChI=1S/C15H16ClN3O2/c1-9(2)19-14(20)8-7-13(18-19)15(21)17-12-6-4-5-11(16)10(12)3/h4-9H,1-3H3,(H,17,21). The summed E-state index contributed by atoms with van der Waals surface area (Å²) in [7, 11) is 0. The van der Waals surface area contributed by atoms with Gasteiger partial charge in [0.05, 0.1) is 6.04 Å². The van der Waals surface area contributed by atoms with Crippen LogP contribution in [0.5, 0.6) is 0 Å². The van der Waals surface area contributed by atoms with Crippen LogP contribution in [0.3, 0.4) is 0 Å². The molecular formula is C15H16ClN3O2. The van der Waals surface area contributed by atoms with Crippen LogP contribution in [-0.2, 0) is 0 Å². The van der Waals surface area contributed by atoms with Gasteiger partial charge in [0.1, 0.15) is 5.69 Å². The van der Waals surface area contributed by atoms with Gasteiger partial charge in [-0.05, 0) is 44.5 Å². The van der Waals surface area contributed by atoms with E-state index in [1.807, 2.05) is 20.8 Å². The molecule has 6 heteroatoms. The van der Waals surface area contributed by atoms with Crippen molar-refractivity contribution in [2.75, 3.05) is 5.32 Å². The predicted molar refractivity (Wildman–Crippen MR) is 83.0 cm³/mol. The average molecular weight is 306 g/mol. The molecule has 0 spiro atoms. The fourth-order valence-electron chi connectivity index (χ4n) is 1.85. The van der Waals surface area contributed by atoms with Crippen LogP contribution in [0, 0.1) is 6.92 Å². The fourth-order valence-corrected chi connectivity index (χ4v) is 2.02. The van der Waals surface area contributed by atoms with Gasteiger partial charge >= 0.3 is 0 Å². The number of amides is 1. The molecule has 1 heterocycles. The molecule has 0 bridgehead atoms. The van der Waals surface area contributed by atoms with Crippen LogP contribution >= 0.6 is 11.6 Å². The van der Waals surface area contributed by atoms with E-state index >= 15 is 0 Å². The number of carbonyl (C=O) groups excluding carboxylic acids is 1. The van der Waals surface area contributed by atoms with Crippen LogP contribution in [0.1, 0.15) is 35.9 Å². The third-order valence-electron chi connectivity index (χ3n) is 3.06. The van der Waals surface area contributed by atoms with E-state index in [9.17, 15) is 9.59 Å². The van der Waals surface area contributed by atoms with E-state index < -0.39 is 0 Å². The van der Waals surface area contributed by atoms with Crippen LogP contribution in [0.4, 0.5) is 5.69 Å². The van der Waals surface area contributed by atoms with Gasteiger partial charge in [-0.15, -0.1) is 0 Å². The molecule has 0 unspecified atom stereocenters. The SMILES string of the molecule is Cc1c(Cl)cccc1NC(=O)c1ccc(=O)n(C(C)C)n1. The molecular weight excluding hydrogens is 290 g/mol. The number of anilines is 1. The number of benzene rings is 1. The fraction of sp³-hybridized carbons (Fsp3) is 0.267. The molecule has 0 aliphatic carbocycles. The Morgan fingerprint density at radius 1 is 1.29 bits per heavy atom. The number of nitrogens with zero attached hydrogens (tertiary/aromatic N) is 2. The normalized spacial score (nSPS) is 10.7. The lowest BCUT2D eigenvalue weighted by atomic mass is 10.2. The molecule has 110 valence electrons. The number of carbonyl (C=O) groups is 1. The van der Waals surface area contributed by atoms with E-state index in [0.29, 0.717) is 10.7 Å². The third kappa shape index (κ3) is 3.31. The Kier molecular flexibility index (Phi) is 4.43. The Hall–Kier alpha value is -2.14. The summed E-state index contributed by atoms with van der Waals surface area (Å²) < 4.78 is 1.28. The summed E-state index contributed by atoms with van der Waals surface area (Å²) in [5.41, 5.74) is 1.35. The van der Waals surface area contributed by atoms with Gasteiger partial charge in [0.25, 0.3) is 11.5 Å². The number of aromatic nitrogens is 2. The molecule has 2 aromatic rings. The smallest absolute Gasteiger partial charge is 0.276 e. The first-order valence-corrected chi connectivity index (χ1v) is 6.94. The predicted octanol–water partition coefficient (Wildman–Crippen LogP) is 3.04. The first-order valence-electron chi connectivity index (χ1n) is 6.56. The molecule has 5 nitrogen and oxygen atoms in total. The van der Waals surface area contributed by atoms with Crippen molar-refractivity contribution < 1.29 is 4.79 Å². The summed E-state index contributed by atoms with van der Waals surface area (Å²) >= 11 is 6.02. The second kappa shape index (κ2) is 6.10. The molecule has 1 aromatic carbocycles. The zero-order valence-corrected chi connectivity index (χ0v) is 12.8. The molecule has 0 fully saturated rings. The molecule has 1 aromatic heterocycles. The van der Waals surface area contributed by atoms with Crippen LogP contribution in [0.2, 0.25) is 5.02 Å². The van der Waals surface area contributed by atoms with Gasteiger partial charge in [-0.3, -0.25) is 9.59 Å². The van der Waals surface area contributed by atoms with Crippen molar-refractivity contribution in [3.8, 4) is 0 Å². The van der Waals surface area contributed by atoms with Crippen LogP contribution in [0.15, 0.2) is 35.1 Å². The van der Waals surface area contributed by atoms with E-state index in [1.165, 1.54) is 16.8 Å². The van der Waals surface area contributed by atoms with Crippen LogP contribution < -0.4 is 10.9 Å². The number of halogens is 1. The highest BCUT2D eigenvalue weighted by molar-refractivity contribution is 6.31. The van der Waals surface area contributed by atoms with E-state index in [1.54, 1.807) is 18.2 Å². The summed E-state index contributed by atoms with van der Waals surface area (Å²) in [5, 5.41) is 7.41. The largest absolute Gasteiger partial charge is 0.320 e. The van der Waals surface area contributed by atoms with Crippen molar-refractivity contribution in [1.29, 1.82) is 0 Å². The highest BCUT2D eigenvalue weighted by atomic mass is 35.5. The van der Waals surface area contributed by atoms with Crippen LogP contribution in [0.25, 0.3) is 0 Å². The highest BCUT2D eigenvalue weighted by Gasteiger charge is 2.13.